The number of aromatic nitrogens is 2. The van der Waals surface area contributed by atoms with Crippen LogP contribution in [0, 0.1) is 5.82 Å². The van der Waals surface area contributed by atoms with Gasteiger partial charge >= 0.3 is 12.5 Å². The zero-order chi connectivity index (χ0) is 23.4. The maximum absolute atomic E-state index is 15.0. The first kappa shape index (κ1) is 23.2. The lowest BCUT2D eigenvalue weighted by molar-refractivity contribution is 0.116. The molecule has 0 saturated carbocycles. The summed E-state index contributed by atoms with van der Waals surface area (Å²) in [6, 6.07) is 13.1. The van der Waals surface area contributed by atoms with Gasteiger partial charge in [0.15, 0.2) is 0 Å². The van der Waals surface area contributed by atoms with E-state index in [1.807, 2.05) is 42.1 Å². The van der Waals surface area contributed by atoms with Crippen LogP contribution < -0.4 is 4.90 Å². The minimum absolute atomic E-state index is 0.0174. The number of nitrogens with zero attached hydrogens (tertiary/aromatic N) is 4. The maximum Gasteiger partial charge on any atom is 0.324 e. The number of hydrogen-bond acceptors (Lipinski definition) is 5. The zero-order valence-corrected chi connectivity index (χ0v) is 18.8. The molecule has 0 aliphatic carbocycles. The number of likely N-dealkylation sites (tertiary alicyclic amines) is 1. The third-order valence-electron chi connectivity index (χ3n) is 5.60. The molecule has 1 saturated heterocycles. The quantitative estimate of drug-likeness (QED) is 0.452. The molecule has 0 atom stereocenters. The minimum Gasteiger partial charge on any atom is -0.415 e. The van der Waals surface area contributed by atoms with Gasteiger partial charge in [0, 0.05) is 35.2 Å². The Hall–Kier alpha value is -3.01. The van der Waals surface area contributed by atoms with Crippen LogP contribution in [-0.2, 0) is 6.54 Å². The summed E-state index contributed by atoms with van der Waals surface area (Å²) in [7, 11) is 0. The number of halogens is 3. The number of piperidine rings is 1. The van der Waals surface area contributed by atoms with Crippen LogP contribution in [0.3, 0.4) is 0 Å². The van der Waals surface area contributed by atoms with Crippen LogP contribution in [0.1, 0.15) is 30.7 Å². The van der Waals surface area contributed by atoms with Crippen molar-refractivity contribution in [3.8, 4) is 11.5 Å². The Labute approximate surface area is 193 Å². The number of urea groups is 1. The molecule has 3 aromatic rings. The SMILES string of the molecule is CSC1CCN(C(=O)N(Cc2ccc(-c3nnc(C(F)F)o3)cc2F)c2ccccc2)CC1. The highest BCUT2D eigenvalue weighted by atomic mass is 32.2. The molecule has 1 aliphatic rings. The van der Waals surface area contributed by atoms with Gasteiger partial charge in [0.25, 0.3) is 5.89 Å². The Balaban J connectivity index is 1.56. The van der Waals surface area contributed by atoms with Crippen molar-refractivity contribution in [2.24, 2.45) is 0 Å². The molecule has 0 N–H and O–H groups in total. The van der Waals surface area contributed by atoms with Gasteiger partial charge in [0.2, 0.25) is 5.89 Å². The van der Waals surface area contributed by atoms with E-state index >= 15 is 0 Å². The highest BCUT2D eigenvalue weighted by molar-refractivity contribution is 7.99. The molecule has 2 amide bonds. The first-order chi connectivity index (χ1) is 16.0. The summed E-state index contributed by atoms with van der Waals surface area (Å²) in [6.07, 6.45) is 1.02. The number of anilines is 1. The van der Waals surface area contributed by atoms with Crippen LogP contribution in [0.2, 0.25) is 0 Å². The van der Waals surface area contributed by atoms with Crippen LogP contribution >= 0.6 is 11.8 Å². The monoisotopic (exact) mass is 476 g/mol. The number of amides is 2. The maximum atomic E-state index is 15.0. The molecule has 0 spiro atoms. The van der Waals surface area contributed by atoms with Crippen molar-refractivity contribution in [2.75, 3.05) is 24.2 Å². The van der Waals surface area contributed by atoms with Crippen molar-refractivity contribution >= 4 is 23.5 Å². The average molecular weight is 477 g/mol. The number of alkyl halides is 2. The fourth-order valence-electron chi connectivity index (χ4n) is 3.75. The topological polar surface area (TPSA) is 62.5 Å². The highest BCUT2D eigenvalue weighted by Gasteiger charge is 2.28. The molecule has 174 valence electrons. The molecule has 4 rings (SSSR count). The Morgan fingerprint density at radius 1 is 1.18 bits per heavy atom. The summed E-state index contributed by atoms with van der Waals surface area (Å²) >= 11 is 1.81. The summed E-state index contributed by atoms with van der Waals surface area (Å²) in [5.74, 6) is -1.61. The molecule has 6 nitrogen and oxygen atoms in total. The third-order valence-corrected chi connectivity index (χ3v) is 6.74. The number of carbonyl (C=O) groups is 1. The Kier molecular flexibility index (Phi) is 7.22. The minimum atomic E-state index is -2.90. The first-order valence-electron chi connectivity index (χ1n) is 10.5. The summed E-state index contributed by atoms with van der Waals surface area (Å²) in [5, 5.41) is 7.36. The van der Waals surface area contributed by atoms with Crippen molar-refractivity contribution in [2.45, 2.75) is 31.1 Å². The van der Waals surface area contributed by atoms with Gasteiger partial charge in [-0.05, 0) is 43.4 Å². The average Bonchev–Trinajstić information content (AvgIpc) is 3.34. The van der Waals surface area contributed by atoms with Crippen molar-refractivity contribution in [1.29, 1.82) is 0 Å². The van der Waals surface area contributed by atoms with E-state index in [0.717, 1.165) is 18.9 Å². The van der Waals surface area contributed by atoms with E-state index in [9.17, 15) is 18.0 Å². The van der Waals surface area contributed by atoms with Crippen LogP contribution in [0.4, 0.5) is 23.7 Å². The van der Waals surface area contributed by atoms with Gasteiger partial charge in [0.05, 0.1) is 6.54 Å². The van der Waals surface area contributed by atoms with Crippen LogP contribution in [0.25, 0.3) is 11.5 Å². The summed E-state index contributed by atoms with van der Waals surface area (Å²) in [5.41, 5.74) is 1.13. The number of rotatable bonds is 6. The van der Waals surface area contributed by atoms with Gasteiger partial charge in [-0.2, -0.15) is 20.5 Å². The Bertz CT molecular complexity index is 1090. The lowest BCUT2D eigenvalue weighted by Crippen LogP contribution is -2.47. The summed E-state index contributed by atoms with van der Waals surface area (Å²) in [6.45, 7) is 1.32. The molecule has 1 aromatic heterocycles. The number of para-hydroxylation sites is 1. The number of hydrogen-bond donors (Lipinski definition) is 0. The van der Waals surface area contributed by atoms with E-state index in [4.69, 9.17) is 4.42 Å². The van der Waals surface area contributed by atoms with Gasteiger partial charge in [-0.3, -0.25) is 4.90 Å². The molecular weight excluding hydrogens is 453 g/mol. The summed E-state index contributed by atoms with van der Waals surface area (Å²) < 4.78 is 45.3. The Morgan fingerprint density at radius 3 is 2.52 bits per heavy atom. The van der Waals surface area contributed by atoms with Gasteiger partial charge in [-0.25, -0.2) is 9.18 Å². The predicted octanol–water partition coefficient (Wildman–Crippen LogP) is 5.77. The van der Waals surface area contributed by atoms with Crippen molar-refractivity contribution in [3.63, 3.8) is 0 Å². The Morgan fingerprint density at radius 2 is 1.91 bits per heavy atom. The van der Waals surface area contributed by atoms with Gasteiger partial charge in [0.1, 0.15) is 5.82 Å². The molecule has 2 aromatic carbocycles. The lowest BCUT2D eigenvalue weighted by atomic mass is 10.1. The van der Waals surface area contributed by atoms with E-state index in [1.165, 1.54) is 12.1 Å². The van der Waals surface area contributed by atoms with Crippen LogP contribution in [0.15, 0.2) is 52.9 Å². The lowest BCUT2D eigenvalue weighted by Gasteiger charge is -2.35. The van der Waals surface area contributed by atoms with Gasteiger partial charge < -0.3 is 9.32 Å². The number of benzene rings is 2. The van der Waals surface area contributed by atoms with E-state index in [1.54, 1.807) is 9.80 Å². The molecule has 10 heteroatoms. The smallest absolute Gasteiger partial charge is 0.324 e. The predicted molar refractivity (Wildman–Crippen MR) is 121 cm³/mol. The van der Waals surface area contributed by atoms with Crippen molar-refractivity contribution < 1.29 is 22.4 Å². The molecular formula is C23H23F3N4O2S. The zero-order valence-electron chi connectivity index (χ0n) is 18.0. The number of thioether (sulfide) groups is 1. The molecule has 0 radical (unpaired) electrons. The van der Waals surface area contributed by atoms with E-state index in [0.29, 0.717) is 24.0 Å². The van der Waals surface area contributed by atoms with E-state index < -0.39 is 18.1 Å². The van der Waals surface area contributed by atoms with E-state index in [2.05, 4.69) is 16.5 Å². The second-order valence-electron chi connectivity index (χ2n) is 7.68. The molecule has 0 bridgehead atoms. The third kappa shape index (κ3) is 5.32. The van der Waals surface area contributed by atoms with Crippen molar-refractivity contribution in [3.05, 3.63) is 65.8 Å². The van der Waals surface area contributed by atoms with Crippen LogP contribution in [0.5, 0.6) is 0 Å². The molecule has 2 heterocycles. The first-order valence-corrected chi connectivity index (χ1v) is 11.8. The van der Waals surface area contributed by atoms with Crippen LogP contribution in [-0.4, -0.2) is 45.7 Å². The summed E-state index contributed by atoms with van der Waals surface area (Å²) in [4.78, 5) is 16.7. The second-order valence-corrected chi connectivity index (χ2v) is 8.82. The molecule has 0 unspecified atom stereocenters. The van der Waals surface area contributed by atoms with Gasteiger partial charge in [-0.15, -0.1) is 10.2 Å². The second kappa shape index (κ2) is 10.3. The fourth-order valence-corrected chi connectivity index (χ4v) is 4.43. The normalized spacial score (nSPS) is 14.6. The molecule has 33 heavy (non-hydrogen) atoms. The standard InChI is InChI=1S/C23H23F3N4O2S/c1-33-18-9-11-29(12-10-18)23(31)30(17-5-3-2-4-6-17)14-16-8-7-15(13-19(16)24)21-27-28-22(32-21)20(25)26/h2-8,13,18,20H,9-12,14H2,1H3. The molecule has 1 aliphatic heterocycles. The van der Waals surface area contributed by atoms with Crippen molar-refractivity contribution in [1.82, 2.24) is 15.1 Å². The van der Waals surface area contributed by atoms with E-state index in [-0.39, 0.29) is 29.6 Å². The highest BCUT2D eigenvalue weighted by Crippen LogP contribution is 2.28. The molecule has 1 fully saturated rings. The van der Waals surface area contributed by atoms with Gasteiger partial charge in [-0.1, -0.05) is 24.3 Å². The fraction of sp³-hybridized carbons (Fsp3) is 0.348. The number of carbonyl (C=O) groups excluding carboxylic acids is 1. The largest absolute Gasteiger partial charge is 0.415 e.